The van der Waals surface area contributed by atoms with Gasteiger partial charge in [-0.25, -0.2) is 0 Å². The van der Waals surface area contributed by atoms with Gasteiger partial charge in [0.2, 0.25) is 0 Å². The molecule has 0 aliphatic carbocycles. The second-order valence-corrected chi connectivity index (χ2v) is 6.24. The molecule has 8 heteroatoms. The van der Waals surface area contributed by atoms with Crippen molar-refractivity contribution in [3.8, 4) is 0 Å². The largest absolute Gasteiger partial charge is 0.393 e. The van der Waals surface area contributed by atoms with Gasteiger partial charge in [-0.3, -0.25) is 10.1 Å². The van der Waals surface area contributed by atoms with Crippen LogP contribution in [0.2, 0.25) is 5.02 Å². The molecule has 2 fully saturated rings. The predicted molar refractivity (Wildman–Crippen MR) is 82.1 cm³/mol. The maximum Gasteiger partial charge on any atom is 0.288 e. The fraction of sp³-hybridized carbons (Fsp3) is 0.571. The molecule has 1 aromatic carbocycles. The van der Waals surface area contributed by atoms with Crippen LogP contribution in [0.3, 0.4) is 0 Å². The van der Waals surface area contributed by atoms with Gasteiger partial charge < -0.3 is 10.0 Å². The number of hydrogen-bond acceptors (Lipinski definition) is 6. The predicted octanol–water partition coefficient (Wildman–Crippen LogP) is 3.01. The third-order valence-corrected chi connectivity index (χ3v) is 5.03. The third kappa shape index (κ3) is 2.44. The van der Waals surface area contributed by atoms with Gasteiger partial charge in [-0.15, -0.1) is 0 Å². The molecule has 2 aliphatic rings. The van der Waals surface area contributed by atoms with Gasteiger partial charge in [0.1, 0.15) is 11.6 Å². The van der Waals surface area contributed by atoms with Gasteiger partial charge in [0, 0.05) is 29.4 Å². The molecule has 0 amide bonds. The van der Waals surface area contributed by atoms with E-state index in [0.717, 1.165) is 18.5 Å². The maximum atomic E-state index is 11.0. The van der Waals surface area contributed by atoms with Crippen LogP contribution in [-0.2, 0) is 6.54 Å². The highest BCUT2D eigenvalue weighted by molar-refractivity contribution is 6.33. The van der Waals surface area contributed by atoms with E-state index in [4.69, 9.17) is 11.6 Å². The molecule has 1 N–H and O–H groups in total. The summed E-state index contributed by atoms with van der Waals surface area (Å²) in [4.78, 5) is 23.3. The van der Waals surface area contributed by atoms with E-state index >= 15 is 0 Å². The molecule has 2 heterocycles. The van der Waals surface area contributed by atoms with Crippen molar-refractivity contribution in [2.24, 2.45) is 5.18 Å². The Balaban J connectivity index is 2.05. The lowest BCUT2D eigenvalue weighted by Crippen LogP contribution is -2.45. The molecule has 22 heavy (non-hydrogen) atoms. The van der Waals surface area contributed by atoms with Crippen molar-refractivity contribution in [3.63, 3.8) is 0 Å². The standard InChI is InChI=1S/C14H16ClN3O4/c15-14-11(7-16-20)12(3-4-13(14)18(21)22)17-8-1-2-9(17)6-10(19)5-8/h3-4,8-10,19H,1-2,5-7H2. The summed E-state index contributed by atoms with van der Waals surface area (Å²) in [7, 11) is 0. The fourth-order valence-corrected chi connectivity index (χ4v) is 4.03. The molecule has 7 nitrogen and oxygen atoms in total. The van der Waals surface area contributed by atoms with Crippen molar-refractivity contribution in [2.45, 2.75) is 50.4 Å². The van der Waals surface area contributed by atoms with E-state index < -0.39 is 4.92 Å². The molecular formula is C14H16ClN3O4. The topological polar surface area (TPSA) is 96.0 Å². The highest BCUT2D eigenvalue weighted by atomic mass is 35.5. The maximum absolute atomic E-state index is 11.0. The number of nitroso groups, excluding NO2 is 1. The smallest absolute Gasteiger partial charge is 0.288 e. The SMILES string of the molecule is O=NCc1c(N2C3CCC2CC(O)C3)ccc([N+](=O)[O-])c1Cl. The second kappa shape index (κ2) is 5.81. The van der Waals surface area contributed by atoms with Crippen molar-refractivity contribution < 1.29 is 10.0 Å². The van der Waals surface area contributed by atoms with Gasteiger partial charge in [0.15, 0.2) is 0 Å². The van der Waals surface area contributed by atoms with E-state index in [1.165, 1.54) is 6.07 Å². The Labute approximate surface area is 132 Å². The van der Waals surface area contributed by atoms with Crippen LogP contribution < -0.4 is 4.90 Å². The highest BCUT2D eigenvalue weighted by Gasteiger charge is 2.41. The van der Waals surface area contributed by atoms with Gasteiger partial charge >= 0.3 is 0 Å². The summed E-state index contributed by atoms with van der Waals surface area (Å²) < 4.78 is 0. The van der Waals surface area contributed by atoms with Crippen LogP contribution in [0.5, 0.6) is 0 Å². The number of fused-ring (bicyclic) bond motifs is 2. The van der Waals surface area contributed by atoms with Gasteiger partial charge in [0.05, 0.1) is 11.0 Å². The number of nitro benzene ring substituents is 1. The summed E-state index contributed by atoms with van der Waals surface area (Å²) in [6.07, 6.45) is 2.95. The monoisotopic (exact) mass is 325 g/mol. The Morgan fingerprint density at radius 3 is 2.55 bits per heavy atom. The van der Waals surface area contributed by atoms with Crippen LogP contribution in [0.1, 0.15) is 31.2 Å². The zero-order valence-electron chi connectivity index (χ0n) is 11.8. The first-order chi connectivity index (χ1) is 10.5. The summed E-state index contributed by atoms with van der Waals surface area (Å²) in [6, 6.07) is 3.37. The van der Waals surface area contributed by atoms with Gasteiger partial charge in [-0.05, 0) is 31.7 Å². The first kappa shape index (κ1) is 15.2. The Bertz CT molecular complexity index is 610. The summed E-state index contributed by atoms with van der Waals surface area (Å²) >= 11 is 6.13. The van der Waals surface area contributed by atoms with E-state index in [1.807, 2.05) is 0 Å². The molecule has 118 valence electrons. The zero-order valence-corrected chi connectivity index (χ0v) is 12.6. The van der Waals surface area contributed by atoms with E-state index in [2.05, 4.69) is 10.1 Å². The molecule has 2 bridgehead atoms. The Hall–Kier alpha value is -1.73. The Morgan fingerprint density at radius 2 is 2.00 bits per heavy atom. The summed E-state index contributed by atoms with van der Waals surface area (Å²) in [5.41, 5.74) is 0.919. The van der Waals surface area contributed by atoms with Crippen molar-refractivity contribution >= 4 is 23.0 Å². The number of piperidine rings is 1. The Kier molecular flexibility index (Phi) is 4.01. The lowest BCUT2D eigenvalue weighted by Gasteiger charge is -2.40. The van der Waals surface area contributed by atoms with E-state index in [9.17, 15) is 20.1 Å². The molecular weight excluding hydrogens is 310 g/mol. The van der Waals surface area contributed by atoms with Crippen molar-refractivity contribution in [1.29, 1.82) is 0 Å². The third-order valence-electron chi connectivity index (χ3n) is 4.60. The number of aliphatic hydroxyl groups is 1. The quantitative estimate of drug-likeness (QED) is 0.521. The van der Waals surface area contributed by atoms with Crippen molar-refractivity contribution in [3.05, 3.63) is 37.7 Å². The number of nitrogens with zero attached hydrogens (tertiary/aromatic N) is 3. The molecule has 2 saturated heterocycles. The number of aliphatic hydroxyl groups excluding tert-OH is 1. The average Bonchev–Trinajstić information content (AvgIpc) is 2.72. The van der Waals surface area contributed by atoms with Crippen LogP contribution in [-0.4, -0.2) is 28.2 Å². The van der Waals surface area contributed by atoms with Gasteiger partial charge in [0.25, 0.3) is 5.69 Å². The van der Waals surface area contributed by atoms with Crippen molar-refractivity contribution in [1.82, 2.24) is 0 Å². The minimum atomic E-state index is -0.561. The van der Waals surface area contributed by atoms with Crippen LogP contribution in [0.15, 0.2) is 17.3 Å². The van der Waals surface area contributed by atoms with E-state index in [0.29, 0.717) is 18.4 Å². The molecule has 3 rings (SSSR count). The zero-order chi connectivity index (χ0) is 15.9. The number of benzene rings is 1. The first-order valence-corrected chi connectivity index (χ1v) is 7.62. The highest BCUT2D eigenvalue weighted by Crippen LogP contribution is 2.44. The normalized spacial score (nSPS) is 27.0. The van der Waals surface area contributed by atoms with Gasteiger partial charge in [-0.1, -0.05) is 16.8 Å². The summed E-state index contributed by atoms with van der Waals surface area (Å²) in [5, 5.41) is 23.8. The molecule has 1 aromatic rings. The number of anilines is 1. The molecule has 2 atom stereocenters. The summed E-state index contributed by atoms with van der Waals surface area (Å²) in [5.74, 6) is 0. The lowest BCUT2D eigenvalue weighted by molar-refractivity contribution is -0.384. The van der Waals surface area contributed by atoms with E-state index in [1.54, 1.807) is 6.07 Å². The number of halogens is 1. The molecule has 2 aliphatic heterocycles. The first-order valence-electron chi connectivity index (χ1n) is 7.24. The number of nitro groups is 1. The van der Waals surface area contributed by atoms with E-state index in [-0.39, 0.29) is 35.4 Å². The minimum Gasteiger partial charge on any atom is -0.393 e. The van der Waals surface area contributed by atoms with Crippen molar-refractivity contribution in [2.75, 3.05) is 4.90 Å². The minimum absolute atomic E-state index is 0.0207. The Morgan fingerprint density at radius 1 is 1.36 bits per heavy atom. The van der Waals surface area contributed by atoms with Crippen LogP contribution in [0.4, 0.5) is 11.4 Å². The van der Waals surface area contributed by atoms with Crippen LogP contribution >= 0.6 is 11.6 Å². The van der Waals surface area contributed by atoms with Gasteiger partial charge in [-0.2, -0.15) is 4.91 Å². The van der Waals surface area contributed by atoms with Crippen LogP contribution in [0, 0.1) is 15.0 Å². The molecule has 0 spiro atoms. The lowest BCUT2D eigenvalue weighted by atomic mass is 9.97. The molecule has 0 radical (unpaired) electrons. The molecule has 0 aromatic heterocycles. The molecule has 0 saturated carbocycles. The number of rotatable bonds is 4. The fourth-order valence-electron chi connectivity index (χ4n) is 3.74. The number of hydrogen-bond donors (Lipinski definition) is 1. The van der Waals surface area contributed by atoms with Crippen LogP contribution in [0.25, 0.3) is 0 Å². The summed E-state index contributed by atoms with van der Waals surface area (Å²) in [6.45, 7) is -0.200. The average molecular weight is 326 g/mol. The second-order valence-electron chi connectivity index (χ2n) is 5.86. The molecule has 2 unspecified atom stereocenters.